The third kappa shape index (κ3) is 9.64. The number of carboxylic acid groups (broad SMARTS) is 1. The molecule has 2 unspecified atom stereocenters. The molecule has 0 aliphatic carbocycles. The second-order valence-corrected chi connectivity index (χ2v) is 4.40. The van der Waals surface area contributed by atoms with E-state index < -0.39 is 12.0 Å². The number of carboxylic acids is 1. The van der Waals surface area contributed by atoms with Crippen LogP contribution < -0.4 is 5.73 Å². The molecule has 0 spiro atoms. The molecule has 0 bridgehead atoms. The van der Waals surface area contributed by atoms with Gasteiger partial charge in [-0.05, 0) is 12.3 Å². The molecule has 92 valence electrons. The van der Waals surface area contributed by atoms with Gasteiger partial charge in [0.15, 0.2) is 0 Å². The Bertz CT molecular complexity index is 176. The van der Waals surface area contributed by atoms with Crippen LogP contribution >= 0.6 is 0 Å². The standard InChI is InChI=1S/C12H25NO2.Na.H/c1-3-4-5-6-7-8-9-10(2)11(13)12(14)15;;/h10-11H,3-9,13H2,1-2H3,(H,14,15);;. The molecule has 0 radical (unpaired) electrons. The molecule has 0 amide bonds. The molecule has 2 atom stereocenters. The van der Waals surface area contributed by atoms with Crippen molar-refractivity contribution in [3.05, 3.63) is 0 Å². The van der Waals surface area contributed by atoms with E-state index in [0.717, 1.165) is 12.8 Å². The van der Waals surface area contributed by atoms with Crippen LogP contribution in [0.3, 0.4) is 0 Å². The van der Waals surface area contributed by atoms with Crippen molar-refractivity contribution in [1.82, 2.24) is 0 Å². The molecule has 0 rings (SSSR count). The molecule has 0 saturated heterocycles. The minimum absolute atomic E-state index is 0. The molecular formula is C12H26NNaO2. The van der Waals surface area contributed by atoms with Gasteiger partial charge in [0, 0.05) is 0 Å². The van der Waals surface area contributed by atoms with Gasteiger partial charge in [-0.1, -0.05) is 52.4 Å². The van der Waals surface area contributed by atoms with Gasteiger partial charge in [-0.25, -0.2) is 0 Å². The van der Waals surface area contributed by atoms with E-state index in [0.29, 0.717) is 0 Å². The predicted molar refractivity (Wildman–Crippen MR) is 69.9 cm³/mol. The molecule has 16 heavy (non-hydrogen) atoms. The summed E-state index contributed by atoms with van der Waals surface area (Å²) < 4.78 is 0. The monoisotopic (exact) mass is 239 g/mol. The first kappa shape index (κ1) is 18.8. The Hall–Kier alpha value is 0.430. The zero-order valence-electron chi connectivity index (χ0n) is 10.0. The van der Waals surface area contributed by atoms with Crippen LogP contribution in [0, 0.1) is 5.92 Å². The van der Waals surface area contributed by atoms with E-state index in [1.165, 1.54) is 32.1 Å². The quantitative estimate of drug-likeness (QED) is 0.478. The van der Waals surface area contributed by atoms with Gasteiger partial charge in [0.2, 0.25) is 0 Å². The van der Waals surface area contributed by atoms with E-state index in [4.69, 9.17) is 10.8 Å². The number of hydrogen-bond acceptors (Lipinski definition) is 2. The molecule has 0 aliphatic heterocycles. The van der Waals surface area contributed by atoms with E-state index in [-0.39, 0.29) is 35.5 Å². The molecule has 0 aromatic heterocycles. The summed E-state index contributed by atoms with van der Waals surface area (Å²) in [5, 5.41) is 8.70. The normalized spacial score (nSPS) is 13.9. The average Bonchev–Trinajstić information content (AvgIpc) is 2.21. The fourth-order valence-corrected chi connectivity index (χ4v) is 1.67. The van der Waals surface area contributed by atoms with Gasteiger partial charge in [0.1, 0.15) is 6.04 Å². The summed E-state index contributed by atoms with van der Waals surface area (Å²) in [7, 11) is 0. The van der Waals surface area contributed by atoms with Crippen molar-refractivity contribution in [3.8, 4) is 0 Å². The Balaban J connectivity index is 0. The topological polar surface area (TPSA) is 63.3 Å². The van der Waals surface area contributed by atoms with E-state index in [2.05, 4.69) is 6.92 Å². The number of carbonyl (C=O) groups is 1. The van der Waals surface area contributed by atoms with Crippen molar-refractivity contribution in [1.29, 1.82) is 0 Å². The Morgan fingerprint density at radius 3 is 2.19 bits per heavy atom. The third-order valence-electron chi connectivity index (χ3n) is 2.91. The van der Waals surface area contributed by atoms with Crippen LogP contribution in [0.2, 0.25) is 0 Å². The van der Waals surface area contributed by atoms with Crippen molar-refractivity contribution < 1.29 is 9.90 Å². The maximum absolute atomic E-state index is 10.6. The first-order chi connectivity index (χ1) is 7.09. The Labute approximate surface area is 121 Å². The summed E-state index contributed by atoms with van der Waals surface area (Å²) in [6.45, 7) is 4.12. The van der Waals surface area contributed by atoms with Gasteiger partial charge in [0.05, 0.1) is 0 Å². The van der Waals surface area contributed by atoms with Gasteiger partial charge in [-0.15, -0.1) is 0 Å². The molecule has 0 aromatic carbocycles. The summed E-state index contributed by atoms with van der Waals surface area (Å²) >= 11 is 0. The van der Waals surface area contributed by atoms with Crippen LogP contribution in [0.1, 0.15) is 58.8 Å². The van der Waals surface area contributed by atoms with Crippen LogP contribution in [0.25, 0.3) is 0 Å². The Morgan fingerprint density at radius 2 is 1.69 bits per heavy atom. The summed E-state index contributed by atoms with van der Waals surface area (Å²) in [6, 6.07) is -0.694. The predicted octanol–water partition coefficient (Wildman–Crippen LogP) is 2.14. The number of rotatable bonds is 9. The van der Waals surface area contributed by atoms with Crippen LogP contribution in [-0.2, 0) is 4.79 Å². The first-order valence-electron chi connectivity index (χ1n) is 6.08. The number of nitrogens with two attached hydrogens (primary N) is 1. The number of aliphatic carboxylic acids is 1. The van der Waals surface area contributed by atoms with Crippen molar-refractivity contribution in [2.24, 2.45) is 11.7 Å². The van der Waals surface area contributed by atoms with Crippen LogP contribution in [0.5, 0.6) is 0 Å². The van der Waals surface area contributed by atoms with Crippen molar-refractivity contribution in [2.45, 2.75) is 64.8 Å². The fourth-order valence-electron chi connectivity index (χ4n) is 1.67. The fraction of sp³-hybridized carbons (Fsp3) is 0.917. The van der Waals surface area contributed by atoms with E-state index in [9.17, 15) is 4.79 Å². The summed E-state index contributed by atoms with van der Waals surface area (Å²) in [5.41, 5.74) is 5.52. The Kier molecular flexibility index (Phi) is 14.0. The molecule has 0 saturated carbocycles. The first-order valence-corrected chi connectivity index (χ1v) is 6.08. The van der Waals surface area contributed by atoms with Gasteiger partial charge >= 0.3 is 35.5 Å². The molecule has 0 aliphatic rings. The van der Waals surface area contributed by atoms with Gasteiger partial charge in [0.25, 0.3) is 0 Å². The summed E-state index contributed by atoms with van der Waals surface area (Å²) in [5.74, 6) is -0.790. The second-order valence-electron chi connectivity index (χ2n) is 4.40. The van der Waals surface area contributed by atoms with Crippen molar-refractivity contribution >= 4 is 35.5 Å². The van der Waals surface area contributed by atoms with Crippen LogP contribution in [0.15, 0.2) is 0 Å². The summed E-state index contributed by atoms with van der Waals surface area (Å²) in [4.78, 5) is 10.6. The van der Waals surface area contributed by atoms with E-state index in [1.54, 1.807) is 0 Å². The Morgan fingerprint density at radius 1 is 1.19 bits per heavy atom. The SMILES string of the molecule is CCCCCCCCC(C)C(N)C(=O)O.[NaH]. The zero-order valence-corrected chi connectivity index (χ0v) is 10.0. The number of hydrogen-bond donors (Lipinski definition) is 2. The molecule has 0 heterocycles. The van der Waals surface area contributed by atoms with Crippen LogP contribution in [0.4, 0.5) is 0 Å². The maximum atomic E-state index is 10.6. The molecule has 4 heteroatoms. The van der Waals surface area contributed by atoms with Gasteiger partial charge < -0.3 is 10.8 Å². The second kappa shape index (κ2) is 11.9. The van der Waals surface area contributed by atoms with Crippen molar-refractivity contribution in [2.75, 3.05) is 0 Å². The molecule has 0 fully saturated rings. The van der Waals surface area contributed by atoms with E-state index >= 15 is 0 Å². The molecule has 0 aromatic rings. The number of unbranched alkanes of at least 4 members (excludes halogenated alkanes) is 5. The zero-order chi connectivity index (χ0) is 11.7. The molecule has 3 N–H and O–H groups in total. The molecule has 3 nitrogen and oxygen atoms in total. The van der Waals surface area contributed by atoms with E-state index in [1.807, 2.05) is 6.92 Å². The third-order valence-corrected chi connectivity index (χ3v) is 2.91. The van der Waals surface area contributed by atoms with Gasteiger partial charge in [-0.3, -0.25) is 4.79 Å². The average molecular weight is 239 g/mol. The molecular weight excluding hydrogens is 213 g/mol. The minimum atomic E-state index is -0.881. The van der Waals surface area contributed by atoms with Crippen molar-refractivity contribution in [3.63, 3.8) is 0 Å². The van der Waals surface area contributed by atoms with Crippen LogP contribution in [-0.4, -0.2) is 46.7 Å². The summed E-state index contributed by atoms with van der Waals surface area (Å²) in [6.07, 6.45) is 8.38. The van der Waals surface area contributed by atoms with Gasteiger partial charge in [-0.2, -0.15) is 0 Å².